The number of rotatable bonds is 6. The molecule has 0 aliphatic rings. The number of halogens is 1. The summed E-state index contributed by atoms with van der Waals surface area (Å²) in [4.78, 5) is 3.62. The van der Waals surface area contributed by atoms with Crippen LogP contribution in [-0.4, -0.2) is 10.1 Å². The summed E-state index contributed by atoms with van der Waals surface area (Å²) in [7, 11) is 0. The molecule has 126 valence electrons. The molecule has 0 amide bonds. The highest BCUT2D eigenvalue weighted by atomic mass is 35.5. The molecule has 2 nitrogen and oxygen atoms in total. The van der Waals surface area contributed by atoms with Gasteiger partial charge in [0, 0.05) is 27.5 Å². The number of H-pyrrole nitrogens is 1. The number of fused-ring (bicyclic) bond motifs is 1. The smallest absolute Gasteiger partial charge is 0.0681 e. The van der Waals surface area contributed by atoms with Crippen LogP contribution in [0.25, 0.3) is 10.9 Å². The molecule has 1 aromatic heterocycles. The van der Waals surface area contributed by atoms with Crippen LogP contribution in [0.1, 0.15) is 55.0 Å². The molecule has 0 saturated heterocycles. The van der Waals surface area contributed by atoms with Crippen molar-refractivity contribution in [3.05, 3.63) is 69.9 Å². The van der Waals surface area contributed by atoms with E-state index in [0.717, 1.165) is 22.5 Å². The van der Waals surface area contributed by atoms with Crippen molar-refractivity contribution in [2.24, 2.45) is 0 Å². The molecule has 2 N–H and O–H groups in total. The second kappa shape index (κ2) is 7.42. The third-order valence-electron chi connectivity index (χ3n) is 4.78. The van der Waals surface area contributed by atoms with Gasteiger partial charge >= 0.3 is 0 Å². The average molecular weight is 342 g/mol. The maximum absolute atomic E-state index is 9.23. The summed E-state index contributed by atoms with van der Waals surface area (Å²) in [6.45, 7) is 4.54. The van der Waals surface area contributed by atoms with E-state index in [1.807, 2.05) is 18.2 Å². The van der Waals surface area contributed by atoms with Crippen LogP contribution in [0.2, 0.25) is 5.02 Å². The third-order valence-corrected chi connectivity index (χ3v) is 5.01. The molecule has 0 radical (unpaired) electrons. The SMILES string of the molecule is CCCCc1c(C(C)c2ccc(CO)cc2)[nH]c2ccc(Cl)cc12. The van der Waals surface area contributed by atoms with Crippen molar-refractivity contribution >= 4 is 22.5 Å². The summed E-state index contributed by atoms with van der Waals surface area (Å²) in [5.74, 6) is 0.274. The molecule has 0 aliphatic carbocycles. The maximum atomic E-state index is 9.23. The minimum absolute atomic E-state index is 0.0846. The molecule has 0 fully saturated rings. The molecule has 3 aromatic rings. The van der Waals surface area contributed by atoms with E-state index in [0.29, 0.717) is 0 Å². The number of aliphatic hydroxyl groups excluding tert-OH is 1. The molecule has 1 atom stereocenters. The third kappa shape index (κ3) is 3.35. The zero-order valence-electron chi connectivity index (χ0n) is 14.3. The van der Waals surface area contributed by atoms with Gasteiger partial charge in [0.1, 0.15) is 0 Å². The van der Waals surface area contributed by atoms with Crippen molar-refractivity contribution in [2.75, 3.05) is 0 Å². The van der Waals surface area contributed by atoms with E-state index in [4.69, 9.17) is 11.6 Å². The molecule has 1 heterocycles. The van der Waals surface area contributed by atoms with E-state index in [2.05, 4.69) is 43.1 Å². The van der Waals surface area contributed by atoms with Crippen molar-refractivity contribution in [3.63, 3.8) is 0 Å². The standard InChI is InChI=1S/C21H24ClNO/c1-3-4-5-18-19-12-17(22)10-11-20(19)23-21(18)14(2)16-8-6-15(13-24)7-9-16/h6-12,14,23-24H,3-5,13H2,1-2H3. The molecule has 2 aromatic carbocycles. The summed E-state index contributed by atoms with van der Waals surface area (Å²) in [5.41, 5.74) is 6.01. The Morgan fingerprint density at radius 2 is 1.88 bits per heavy atom. The van der Waals surface area contributed by atoms with Gasteiger partial charge in [-0.3, -0.25) is 0 Å². The molecular weight excluding hydrogens is 318 g/mol. The Bertz CT molecular complexity index is 820. The first-order valence-electron chi connectivity index (χ1n) is 8.63. The van der Waals surface area contributed by atoms with E-state index in [-0.39, 0.29) is 12.5 Å². The summed E-state index contributed by atoms with van der Waals surface area (Å²) >= 11 is 6.23. The molecule has 0 bridgehead atoms. The van der Waals surface area contributed by atoms with Crippen LogP contribution in [0.4, 0.5) is 0 Å². The molecule has 0 spiro atoms. The summed E-state index contributed by atoms with van der Waals surface area (Å²) in [6, 6.07) is 14.3. The van der Waals surface area contributed by atoms with Gasteiger partial charge in [0.2, 0.25) is 0 Å². The minimum Gasteiger partial charge on any atom is -0.392 e. The van der Waals surface area contributed by atoms with Crippen LogP contribution in [0.3, 0.4) is 0 Å². The van der Waals surface area contributed by atoms with Gasteiger partial charge in [-0.15, -0.1) is 0 Å². The van der Waals surface area contributed by atoms with Crippen LogP contribution in [0, 0.1) is 0 Å². The molecule has 3 heteroatoms. The van der Waals surface area contributed by atoms with E-state index < -0.39 is 0 Å². The second-order valence-electron chi connectivity index (χ2n) is 6.43. The van der Waals surface area contributed by atoms with Gasteiger partial charge in [0.25, 0.3) is 0 Å². The largest absolute Gasteiger partial charge is 0.392 e. The highest BCUT2D eigenvalue weighted by molar-refractivity contribution is 6.31. The normalized spacial score (nSPS) is 12.7. The first-order chi connectivity index (χ1) is 11.6. The number of benzene rings is 2. The fourth-order valence-electron chi connectivity index (χ4n) is 3.31. The van der Waals surface area contributed by atoms with Crippen LogP contribution >= 0.6 is 11.6 Å². The Balaban J connectivity index is 2.05. The van der Waals surface area contributed by atoms with Crippen molar-refractivity contribution in [1.82, 2.24) is 4.98 Å². The van der Waals surface area contributed by atoms with Gasteiger partial charge in [0.05, 0.1) is 6.61 Å². The fraction of sp³-hybridized carbons (Fsp3) is 0.333. The van der Waals surface area contributed by atoms with Gasteiger partial charge in [-0.05, 0) is 47.7 Å². The summed E-state index contributed by atoms with van der Waals surface area (Å²) in [6.07, 6.45) is 3.40. The van der Waals surface area contributed by atoms with Crippen molar-refractivity contribution < 1.29 is 5.11 Å². The monoisotopic (exact) mass is 341 g/mol. The quantitative estimate of drug-likeness (QED) is 0.583. The Kier molecular flexibility index (Phi) is 5.27. The van der Waals surface area contributed by atoms with Crippen molar-refractivity contribution in [1.29, 1.82) is 0 Å². The second-order valence-corrected chi connectivity index (χ2v) is 6.87. The highest BCUT2D eigenvalue weighted by Gasteiger charge is 2.18. The van der Waals surface area contributed by atoms with Crippen molar-refractivity contribution in [3.8, 4) is 0 Å². The number of nitrogens with one attached hydrogen (secondary N) is 1. The predicted octanol–water partition coefficient (Wildman–Crippen LogP) is 5.81. The van der Waals surface area contributed by atoms with Gasteiger partial charge in [-0.2, -0.15) is 0 Å². The number of hydrogen-bond donors (Lipinski definition) is 2. The molecule has 24 heavy (non-hydrogen) atoms. The fourth-order valence-corrected chi connectivity index (χ4v) is 3.48. The molecular formula is C21H24ClNO. The van der Waals surface area contributed by atoms with Gasteiger partial charge in [-0.25, -0.2) is 0 Å². The Hall–Kier alpha value is -1.77. The molecule has 3 rings (SSSR count). The van der Waals surface area contributed by atoms with Gasteiger partial charge in [-0.1, -0.05) is 56.1 Å². The Labute approximate surface area is 148 Å². The zero-order valence-corrected chi connectivity index (χ0v) is 15.0. The van der Waals surface area contributed by atoms with Crippen molar-refractivity contribution in [2.45, 2.75) is 45.6 Å². The lowest BCUT2D eigenvalue weighted by atomic mass is 9.92. The van der Waals surface area contributed by atoms with E-state index >= 15 is 0 Å². The van der Waals surface area contributed by atoms with Gasteiger partial charge in [0.15, 0.2) is 0 Å². The number of aromatic amines is 1. The number of aromatic nitrogens is 1. The lowest BCUT2D eigenvalue weighted by Crippen LogP contribution is -2.01. The highest BCUT2D eigenvalue weighted by Crippen LogP contribution is 2.34. The molecule has 0 saturated carbocycles. The van der Waals surface area contributed by atoms with Crippen LogP contribution < -0.4 is 0 Å². The van der Waals surface area contributed by atoms with Gasteiger partial charge < -0.3 is 10.1 Å². The van der Waals surface area contributed by atoms with E-state index in [9.17, 15) is 5.11 Å². The first-order valence-corrected chi connectivity index (χ1v) is 9.01. The summed E-state index contributed by atoms with van der Waals surface area (Å²) in [5, 5.41) is 11.3. The lowest BCUT2D eigenvalue weighted by molar-refractivity contribution is 0.282. The number of aliphatic hydroxyl groups is 1. The average Bonchev–Trinajstić information content (AvgIpc) is 2.97. The van der Waals surface area contributed by atoms with Crippen LogP contribution in [0.15, 0.2) is 42.5 Å². The zero-order chi connectivity index (χ0) is 17.1. The van der Waals surface area contributed by atoms with Crippen LogP contribution in [-0.2, 0) is 13.0 Å². The minimum atomic E-state index is 0.0846. The van der Waals surface area contributed by atoms with Crippen LogP contribution in [0.5, 0.6) is 0 Å². The predicted molar refractivity (Wildman–Crippen MR) is 102 cm³/mol. The van der Waals surface area contributed by atoms with E-state index in [1.54, 1.807) is 0 Å². The molecule has 1 unspecified atom stereocenters. The lowest BCUT2D eigenvalue weighted by Gasteiger charge is -2.14. The maximum Gasteiger partial charge on any atom is 0.0681 e. The first kappa shape index (κ1) is 17.1. The number of aryl methyl sites for hydroxylation is 1. The van der Waals surface area contributed by atoms with E-state index in [1.165, 1.54) is 35.0 Å². The number of unbranched alkanes of at least 4 members (excludes halogenated alkanes) is 1. The Morgan fingerprint density at radius 3 is 2.54 bits per heavy atom. The summed E-state index contributed by atoms with van der Waals surface area (Å²) < 4.78 is 0. The topological polar surface area (TPSA) is 36.0 Å². The Morgan fingerprint density at radius 1 is 1.12 bits per heavy atom. The number of hydrogen-bond acceptors (Lipinski definition) is 1. The molecule has 0 aliphatic heterocycles.